The number of amides is 1. The van der Waals surface area contributed by atoms with Crippen LogP contribution in [0.5, 0.6) is 0 Å². The fraction of sp³-hybridized carbons (Fsp3) is 0.263. The first-order valence-electron chi connectivity index (χ1n) is 8.47. The minimum Gasteiger partial charge on any atom is -0.370 e. The highest BCUT2D eigenvalue weighted by molar-refractivity contribution is 7.22. The van der Waals surface area contributed by atoms with Crippen molar-refractivity contribution in [2.75, 3.05) is 23.3 Å². The molecule has 1 atom stereocenters. The molecule has 0 saturated carbocycles. The first-order chi connectivity index (χ1) is 12.2. The number of rotatable bonds is 5. The Hall–Kier alpha value is -2.60. The van der Waals surface area contributed by atoms with Gasteiger partial charge in [0.1, 0.15) is 6.04 Å². The number of aromatic nitrogens is 1. The smallest absolute Gasteiger partial charge is 0.244 e. The summed E-state index contributed by atoms with van der Waals surface area (Å²) in [6.45, 7) is 2.17. The normalized spacial score (nSPS) is 15.4. The zero-order valence-corrected chi connectivity index (χ0v) is 14.6. The third kappa shape index (κ3) is 3.30. The van der Waals surface area contributed by atoms with Crippen molar-refractivity contribution in [1.82, 2.24) is 4.98 Å². The maximum atomic E-state index is 11.9. The Morgan fingerprint density at radius 1 is 1.16 bits per heavy atom. The van der Waals surface area contributed by atoms with Gasteiger partial charge in [0, 0.05) is 18.8 Å². The first-order valence-corrected chi connectivity index (χ1v) is 9.29. The standard InChI is InChI=1S/C19H20N4OS/c20-18(24)17(13-6-2-1-3-7-13)21-14-8-9-15-16(12-14)25-19(22-15)23-10-4-5-11-23/h1-3,6-9,12,17,21H,4-5,10-11H2,(H2,20,24). The summed E-state index contributed by atoms with van der Waals surface area (Å²) in [6, 6.07) is 15.0. The molecule has 0 spiro atoms. The third-order valence-corrected chi connectivity index (χ3v) is 5.56. The number of nitrogens with zero attached hydrogens (tertiary/aromatic N) is 2. The quantitative estimate of drug-likeness (QED) is 0.737. The predicted molar refractivity (Wildman–Crippen MR) is 103 cm³/mol. The number of hydrogen-bond donors (Lipinski definition) is 2. The van der Waals surface area contributed by atoms with E-state index in [1.54, 1.807) is 11.3 Å². The summed E-state index contributed by atoms with van der Waals surface area (Å²) in [5.74, 6) is -0.395. The second-order valence-electron chi connectivity index (χ2n) is 6.26. The number of carbonyl (C=O) groups excluding carboxylic acids is 1. The van der Waals surface area contributed by atoms with Crippen LogP contribution in [0.3, 0.4) is 0 Å². The van der Waals surface area contributed by atoms with E-state index < -0.39 is 11.9 Å². The van der Waals surface area contributed by atoms with Gasteiger partial charge in [-0.1, -0.05) is 41.7 Å². The molecular formula is C19H20N4OS. The molecule has 25 heavy (non-hydrogen) atoms. The Balaban J connectivity index is 1.61. The maximum absolute atomic E-state index is 11.9. The summed E-state index contributed by atoms with van der Waals surface area (Å²) < 4.78 is 1.11. The second kappa shape index (κ2) is 6.72. The Bertz CT molecular complexity index is 887. The van der Waals surface area contributed by atoms with Crippen LogP contribution in [0.4, 0.5) is 10.8 Å². The van der Waals surface area contributed by atoms with Crippen molar-refractivity contribution in [2.45, 2.75) is 18.9 Å². The lowest BCUT2D eigenvalue weighted by atomic mass is 10.1. The molecule has 2 aromatic carbocycles. The summed E-state index contributed by atoms with van der Waals surface area (Å²) in [4.78, 5) is 19.0. The van der Waals surface area contributed by atoms with E-state index in [0.29, 0.717) is 0 Å². The molecule has 0 radical (unpaired) electrons. The van der Waals surface area contributed by atoms with E-state index in [2.05, 4.69) is 10.2 Å². The van der Waals surface area contributed by atoms with Crippen molar-refractivity contribution in [3.63, 3.8) is 0 Å². The third-order valence-electron chi connectivity index (χ3n) is 4.48. The van der Waals surface area contributed by atoms with Crippen molar-refractivity contribution in [3.8, 4) is 0 Å². The lowest BCUT2D eigenvalue weighted by Crippen LogP contribution is -2.27. The summed E-state index contributed by atoms with van der Waals surface area (Å²) in [5.41, 5.74) is 8.32. The van der Waals surface area contributed by atoms with Crippen molar-refractivity contribution in [2.24, 2.45) is 5.73 Å². The molecule has 128 valence electrons. The molecule has 3 aromatic rings. The average Bonchev–Trinajstić information content (AvgIpc) is 3.29. The molecule has 1 saturated heterocycles. The minimum absolute atomic E-state index is 0.395. The highest BCUT2D eigenvalue weighted by Crippen LogP contribution is 2.33. The number of nitrogens with one attached hydrogen (secondary N) is 1. The first kappa shape index (κ1) is 15.9. The summed E-state index contributed by atoms with van der Waals surface area (Å²) >= 11 is 1.70. The van der Waals surface area contributed by atoms with Crippen LogP contribution in [-0.2, 0) is 4.79 Å². The number of carbonyl (C=O) groups is 1. The molecule has 6 heteroatoms. The number of hydrogen-bond acceptors (Lipinski definition) is 5. The topological polar surface area (TPSA) is 71.2 Å². The van der Waals surface area contributed by atoms with E-state index in [4.69, 9.17) is 10.7 Å². The van der Waals surface area contributed by atoms with Crippen molar-refractivity contribution < 1.29 is 4.79 Å². The Kier molecular flexibility index (Phi) is 4.28. The minimum atomic E-state index is -0.551. The van der Waals surface area contributed by atoms with Gasteiger partial charge in [0.2, 0.25) is 5.91 Å². The van der Waals surface area contributed by atoms with E-state index in [9.17, 15) is 4.79 Å². The lowest BCUT2D eigenvalue weighted by molar-refractivity contribution is -0.118. The SMILES string of the molecule is NC(=O)C(Nc1ccc2nc(N3CCCC3)sc2c1)c1ccccc1. The average molecular weight is 352 g/mol. The molecule has 1 aliphatic heterocycles. The fourth-order valence-electron chi connectivity index (χ4n) is 3.18. The number of primary amides is 1. The molecule has 1 aromatic heterocycles. The van der Waals surface area contributed by atoms with Crippen molar-refractivity contribution in [3.05, 3.63) is 54.1 Å². The van der Waals surface area contributed by atoms with Gasteiger partial charge in [-0.25, -0.2) is 4.98 Å². The molecule has 1 unspecified atom stereocenters. The van der Waals surface area contributed by atoms with Gasteiger partial charge in [0.15, 0.2) is 5.13 Å². The molecule has 3 N–H and O–H groups in total. The molecule has 1 fully saturated rings. The monoisotopic (exact) mass is 352 g/mol. The zero-order chi connectivity index (χ0) is 17.2. The molecule has 1 amide bonds. The van der Waals surface area contributed by atoms with Crippen LogP contribution in [0.15, 0.2) is 48.5 Å². The summed E-state index contributed by atoms with van der Waals surface area (Å²) in [6.07, 6.45) is 2.47. The molecule has 0 aliphatic carbocycles. The predicted octanol–water partition coefficient (Wildman–Crippen LogP) is 3.54. The Morgan fingerprint density at radius 2 is 1.92 bits per heavy atom. The number of thiazole rings is 1. The lowest BCUT2D eigenvalue weighted by Gasteiger charge is -2.17. The van der Waals surface area contributed by atoms with Crippen molar-refractivity contribution >= 4 is 38.3 Å². The zero-order valence-electron chi connectivity index (χ0n) is 13.8. The van der Waals surface area contributed by atoms with Crippen LogP contribution < -0.4 is 16.0 Å². The highest BCUT2D eigenvalue weighted by atomic mass is 32.1. The van der Waals surface area contributed by atoms with Gasteiger partial charge < -0.3 is 16.0 Å². The number of anilines is 2. The van der Waals surface area contributed by atoms with Gasteiger partial charge in [-0.15, -0.1) is 0 Å². The van der Waals surface area contributed by atoms with E-state index in [1.807, 2.05) is 48.5 Å². The molecule has 0 bridgehead atoms. The second-order valence-corrected chi connectivity index (χ2v) is 7.27. The van der Waals surface area contributed by atoms with Crippen LogP contribution in [0.2, 0.25) is 0 Å². The highest BCUT2D eigenvalue weighted by Gasteiger charge is 2.19. The maximum Gasteiger partial charge on any atom is 0.244 e. The van der Waals surface area contributed by atoms with Gasteiger partial charge in [-0.05, 0) is 36.6 Å². The number of benzene rings is 2. The van der Waals surface area contributed by atoms with E-state index in [0.717, 1.165) is 39.7 Å². The van der Waals surface area contributed by atoms with Gasteiger partial charge in [0.05, 0.1) is 10.2 Å². The van der Waals surface area contributed by atoms with Crippen molar-refractivity contribution in [1.29, 1.82) is 0 Å². The van der Waals surface area contributed by atoms with E-state index >= 15 is 0 Å². The van der Waals surface area contributed by atoms with Crippen LogP contribution in [0.25, 0.3) is 10.2 Å². The summed E-state index contributed by atoms with van der Waals surface area (Å²) in [5, 5.41) is 4.34. The number of nitrogens with two attached hydrogens (primary N) is 1. The van der Waals surface area contributed by atoms with Gasteiger partial charge in [0.25, 0.3) is 0 Å². The molecule has 4 rings (SSSR count). The Morgan fingerprint density at radius 3 is 2.64 bits per heavy atom. The van der Waals surface area contributed by atoms with Crippen LogP contribution in [0, 0.1) is 0 Å². The van der Waals surface area contributed by atoms with Gasteiger partial charge >= 0.3 is 0 Å². The largest absolute Gasteiger partial charge is 0.370 e. The van der Waals surface area contributed by atoms with E-state index in [-0.39, 0.29) is 0 Å². The van der Waals surface area contributed by atoms with Crippen LogP contribution >= 0.6 is 11.3 Å². The Labute approximate surface area is 150 Å². The van der Waals surface area contributed by atoms with Gasteiger partial charge in [-0.2, -0.15) is 0 Å². The molecule has 2 heterocycles. The molecule has 1 aliphatic rings. The fourth-order valence-corrected chi connectivity index (χ4v) is 4.23. The van der Waals surface area contributed by atoms with Crippen LogP contribution in [0.1, 0.15) is 24.4 Å². The van der Waals surface area contributed by atoms with Gasteiger partial charge in [-0.3, -0.25) is 4.79 Å². The van der Waals surface area contributed by atoms with E-state index in [1.165, 1.54) is 12.8 Å². The molecule has 5 nitrogen and oxygen atoms in total. The molecular weight excluding hydrogens is 332 g/mol. The summed E-state index contributed by atoms with van der Waals surface area (Å²) in [7, 11) is 0. The van der Waals surface area contributed by atoms with Crippen LogP contribution in [-0.4, -0.2) is 24.0 Å². The number of fused-ring (bicyclic) bond motifs is 1.